The second kappa shape index (κ2) is 7.78. The van der Waals surface area contributed by atoms with Crippen LogP contribution in [0.15, 0.2) is 35.2 Å². The third-order valence-corrected chi connectivity index (χ3v) is 3.86. The minimum atomic E-state index is -3.59. The van der Waals surface area contributed by atoms with E-state index < -0.39 is 16.0 Å². The molecule has 1 rings (SSSR count). The lowest BCUT2D eigenvalue weighted by Crippen LogP contribution is -2.25. The number of benzene rings is 1. The lowest BCUT2D eigenvalue weighted by Gasteiger charge is -2.07. The van der Waals surface area contributed by atoms with Crippen molar-refractivity contribution in [3.63, 3.8) is 0 Å². The first kappa shape index (κ1) is 16.4. The van der Waals surface area contributed by atoms with Crippen molar-refractivity contribution < 1.29 is 23.1 Å². The van der Waals surface area contributed by atoms with Gasteiger partial charge in [0.25, 0.3) is 0 Å². The molecule has 110 valence electrons. The first-order valence-corrected chi connectivity index (χ1v) is 7.44. The zero-order valence-corrected chi connectivity index (χ0v) is 11.9. The van der Waals surface area contributed by atoms with Gasteiger partial charge in [-0.2, -0.15) is 0 Å². The molecule has 0 radical (unpaired) electrons. The zero-order valence-electron chi connectivity index (χ0n) is 11.1. The molecule has 0 amide bonds. The van der Waals surface area contributed by atoms with E-state index >= 15 is 0 Å². The average Bonchev–Trinajstić information content (AvgIpc) is 2.42. The first-order chi connectivity index (χ1) is 9.45. The maximum absolute atomic E-state index is 12.0. The summed E-state index contributed by atoms with van der Waals surface area (Å²) < 4.78 is 31.3. The van der Waals surface area contributed by atoms with Crippen LogP contribution in [0.4, 0.5) is 0 Å². The van der Waals surface area contributed by atoms with Crippen molar-refractivity contribution in [2.75, 3.05) is 20.3 Å². The second-order valence-corrected chi connectivity index (χ2v) is 5.76. The number of carboxylic acid groups (broad SMARTS) is 1. The molecule has 0 heterocycles. The van der Waals surface area contributed by atoms with E-state index in [0.29, 0.717) is 18.6 Å². The smallest absolute Gasteiger partial charge is 0.328 e. The lowest BCUT2D eigenvalue weighted by atomic mass is 10.2. The van der Waals surface area contributed by atoms with Crippen LogP contribution < -0.4 is 4.72 Å². The predicted octanol–water partition coefficient (Wildman–Crippen LogP) is 1.10. The van der Waals surface area contributed by atoms with Crippen molar-refractivity contribution in [1.82, 2.24) is 4.72 Å². The van der Waals surface area contributed by atoms with Gasteiger partial charge in [-0.05, 0) is 30.2 Å². The summed E-state index contributed by atoms with van der Waals surface area (Å²) in [5.41, 5.74) is 0.507. The number of sulfonamides is 1. The summed E-state index contributed by atoms with van der Waals surface area (Å²) in [4.78, 5) is 10.5. The van der Waals surface area contributed by atoms with Gasteiger partial charge in [-0.1, -0.05) is 12.1 Å². The normalized spacial score (nSPS) is 11.8. The number of hydrogen-bond donors (Lipinski definition) is 2. The molecule has 0 atom stereocenters. The number of carbonyl (C=O) groups is 1. The van der Waals surface area contributed by atoms with E-state index in [1.165, 1.54) is 18.2 Å². The molecule has 1 aromatic rings. The van der Waals surface area contributed by atoms with E-state index in [4.69, 9.17) is 9.84 Å². The van der Waals surface area contributed by atoms with E-state index in [9.17, 15) is 13.2 Å². The van der Waals surface area contributed by atoms with Gasteiger partial charge in [0.15, 0.2) is 0 Å². The molecule has 0 spiro atoms. The third kappa shape index (κ3) is 5.52. The molecule has 0 fully saturated rings. The third-order valence-electron chi connectivity index (χ3n) is 2.40. The molecule has 2 N–H and O–H groups in total. The number of ether oxygens (including phenoxy) is 1. The second-order valence-electron chi connectivity index (χ2n) is 3.99. The molecule has 6 nitrogen and oxygen atoms in total. The molecular weight excluding hydrogens is 282 g/mol. The van der Waals surface area contributed by atoms with Crippen LogP contribution in [0.5, 0.6) is 0 Å². The molecule has 7 heteroatoms. The van der Waals surface area contributed by atoms with Gasteiger partial charge in [-0.3, -0.25) is 0 Å². The highest BCUT2D eigenvalue weighted by Crippen LogP contribution is 2.12. The van der Waals surface area contributed by atoms with Crippen LogP contribution in [0.3, 0.4) is 0 Å². The molecule has 20 heavy (non-hydrogen) atoms. The maximum atomic E-state index is 12.0. The average molecular weight is 299 g/mol. The molecule has 0 aliphatic rings. The van der Waals surface area contributed by atoms with Crippen LogP contribution >= 0.6 is 0 Å². The van der Waals surface area contributed by atoms with Gasteiger partial charge in [0.05, 0.1) is 4.90 Å². The summed E-state index contributed by atoms with van der Waals surface area (Å²) >= 11 is 0. The molecular formula is C13H17NO5S. The Kier molecular flexibility index (Phi) is 6.37. The van der Waals surface area contributed by atoms with Crippen LogP contribution in [0.25, 0.3) is 6.08 Å². The number of rotatable bonds is 8. The van der Waals surface area contributed by atoms with Gasteiger partial charge in [0.1, 0.15) is 0 Å². The van der Waals surface area contributed by atoms with Gasteiger partial charge < -0.3 is 9.84 Å². The Morgan fingerprint density at radius 1 is 1.45 bits per heavy atom. The van der Waals surface area contributed by atoms with Crippen molar-refractivity contribution in [2.45, 2.75) is 11.3 Å². The zero-order chi connectivity index (χ0) is 15.0. The van der Waals surface area contributed by atoms with Crippen LogP contribution in [-0.2, 0) is 19.6 Å². The number of methoxy groups -OCH3 is 1. The monoisotopic (exact) mass is 299 g/mol. The number of hydrogen-bond acceptors (Lipinski definition) is 4. The SMILES string of the molecule is COCCCNS(=O)(=O)c1cccc(C=CC(=O)O)c1. The summed E-state index contributed by atoms with van der Waals surface area (Å²) in [6, 6.07) is 6.06. The summed E-state index contributed by atoms with van der Waals surface area (Å²) in [7, 11) is -2.04. The molecule has 0 saturated carbocycles. The van der Waals surface area contributed by atoms with Crippen molar-refractivity contribution in [2.24, 2.45) is 0 Å². The predicted molar refractivity (Wildman–Crippen MR) is 74.8 cm³/mol. The summed E-state index contributed by atoms with van der Waals surface area (Å²) in [5.74, 6) is -1.09. The molecule has 0 aromatic heterocycles. The molecule has 0 bridgehead atoms. The molecule has 0 aliphatic heterocycles. The Bertz CT molecular complexity index is 580. The molecule has 1 aromatic carbocycles. The van der Waals surface area contributed by atoms with E-state index in [1.807, 2.05) is 0 Å². The Labute approximate surface area is 118 Å². The Morgan fingerprint density at radius 3 is 2.85 bits per heavy atom. The Balaban J connectivity index is 2.79. The fourth-order valence-electron chi connectivity index (χ4n) is 1.46. The fourth-order valence-corrected chi connectivity index (χ4v) is 2.59. The van der Waals surface area contributed by atoms with Crippen LogP contribution in [0, 0.1) is 0 Å². The fraction of sp³-hybridized carbons (Fsp3) is 0.308. The van der Waals surface area contributed by atoms with Crippen molar-refractivity contribution >= 4 is 22.1 Å². The highest BCUT2D eigenvalue weighted by Gasteiger charge is 2.13. The Hall–Kier alpha value is -1.70. The largest absolute Gasteiger partial charge is 0.478 e. The topological polar surface area (TPSA) is 92.7 Å². The quantitative estimate of drug-likeness (QED) is 0.554. The van der Waals surface area contributed by atoms with Gasteiger partial charge in [-0.15, -0.1) is 0 Å². The highest BCUT2D eigenvalue weighted by molar-refractivity contribution is 7.89. The maximum Gasteiger partial charge on any atom is 0.328 e. The standard InChI is InChI=1S/C13H17NO5S/c1-19-9-3-8-14-20(17,18)12-5-2-4-11(10-12)6-7-13(15)16/h2,4-7,10,14H,3,8-9H2,1H3,(H,15,16). The first-order valence-electron chi connectivity index (χ1n) is 5.95. The van der Waals surface area contributed by atoms with E-state index in [2.05, 4.69) is 4.72 Å². The van der Waals surface area contributed by atoms with E-state index in [-0.39, 0.29) is 11.4 Å². The Morgan fingerprint density at radius 2 is 2.20 bits per heavy atom. The van der Waals surface area contributed by atoms with Gasteiger partial charge in [-0.25, -0.2) is 17.9 Å². The highest BCUT2D eigenvalue weighted by atomic mass is 32.2. The number of aliphatic carboxylic acids is 1. The van der Waals surface area contributed by atoms with Crippen LogP contribution in [0.1, 0.15) is 12.0 Å². The van der Waals surface area contributed by atoms with Crippen LogP contribution in [0.2, 0.25) is 0 Å². The summed E-state index contributed by atoms with van der Waals surface area (Å²) in [6.45, 7) is 0.759. The van der Waals surface area contributed by atoms with Crippen molar-refractivity contribution in [3.05, 3.63) is 35.9 Å². The van der Waals surface area contributed by atoms with Crippen LogP contribution in [-0.4, -0.2) is 39.8 Å². The van der Waals surface area contributed by atoms with Gasteiger partial charge in [0.2, 0.25) is 10.0 Å². The van der Waals surface area contributed by atoms with E-state index in [1.54, 1.807) is 19.2 Å². The molecule has 0 saturated heterocycles. The minimum absolute atomic E-state index is 0.0995. The summed E-state index contributed by atoms with van der Waals surface area (Å²) in [6.07, 6.45) is 2.87. The van der Waals surface area contributed by atoms with Gasteiger partial charge in [0, 0.05) is 26.3 Å². The lowest BCUT2D eigenvalue weighted by molar-refractivity contribution is -0.131. The number of carboxylic acids is 1. The molecule has 0 unspecified atom stereocenters. The number of nitrogens with one attached hydrogen (secondary N) is 1. The van der Waals surface area contributed by atoms with Gasteiger partial charge >= 0.3 is 5.97 Å². The van der Waals surface area contributed by atoms with E-state index in [0.717, 1.165) is 6.08 Å². The molecule has 0 aliphatic carbocycles. The van der Waals surface area contributed by atoms with Crippen molar-refractivity contribution in [3.8, 4) is 0 Å². The van der Waals surface area contributed by atoms with Crippen molar-refractivity contribution in [1.29, 1.82) is 0 Å². The minimum Gasteiger partial charge on any atom is -0.478 e. The summed E-state index contributed by atoms with van der Waals surface area (Å²) in [5, 5.41) is 8.54.